The van der Waals surface area contributed by atoms with E-state index in [1.165, 1.54) is 4.90 Å². The first kappa shape index (κ1) is 25.8. The fraction of sp³-hybridized carbons (Fsp3) is 0.333. The van der Waals surface area contributed by atoms with Crippen molar-refractivity contribution < 1.29 is 14.3 Å². The Balaban J connectivity index is 1.52. The van der Waals surface area contributed by atoms with Crippen LogP contribution in [0.3, 0.4) is 0 Å². The third-order valence-corrected chi connectivity index (χ3v) is 7.94. The predicted molar refractivity (Wildman–Crippen MR) is 144 cm³/mol. The molecule has 1 fully saturated rings. The van der Waals surface area contributed by atoms with Crippen molar-refractivity contribution >= 4 is 61.7 Å². The standard InChI is InChI=1S/C27H27BrCl2N2O3/c1-17(27(34)31-20-7-3-4-8-20)32(15-18-10-12-22(29)23(30)14-18)25(33)16-35-24-13-11-19-6-2-5-9-21(19)26(24)28/h2,5-6,9-14,17,20H,3-4,7-8,15-16H2,1H3,(H,31,34). The van der Waals surface area contributed by atoms with E-state index >= 15 is 0 Å². The van der Waals surface area contributed by atoms with Crippen LogP contribution in [0.25, 0.3) is 10.8 Å². The number of carbonyl (C=O) groups excluding carboxylic acids is 2. The van der Waals surface area contributed by atoms with Crippen LogP contribution >= 0.6 is 39.1 Å². The number of hydrogen-bond donors (Lipinski definition) is 1. The van der Waals surface area contributed by atoms with Gasteiger partial charge in [0.1, 0.15) is 11.8 Å². The number of amides is 2. The van der Waals surface area contributed by atoms with Crippen LogP contribution in [0.15, 0.2) is 59.1 Å². The molecule has 0 radical (unpaired) electrons. The van der Waals surface area contributed by atoms with Crippen LogP contribution in [0.1, 0.15) is 38.2 Å². The van der Waals surface area contributed by atoms with Gasteiger partial charge in [-0.1, -0.05) is 72.4 Å². The zero-order valence-electron chi connectivity index (χ0n) is 19.4. The monoisotopic (exact) mass is 576 g/mol. The van der Waals surface area contributed by atoms with Crippen LogP contribution in [0.2, 0.25) is 10.0 Å². The lowest BCUT2D eigenvalue weighted by Crippen LogP contribution is -2.50. The second-order valence-electron chi connectivity index (χ2n) is 8.82. The molecule has 5 nitrogen and oxygen atoms in total. The van der Waals surface area contributed by atoms with Crippen LogP contribution in [0, 0.1) is 0 Å². The maximum atomic E-state index is 13.4. The summed E-state index contributed by atoms with van der Waals surface area (Å²) < 4.78 is 6.70. The molecule has 1 atom stereocenters. The van der Waals surface area contributed by atoms with E-state index in [9.17, 15) is 9.59 Å². The molecular formula is C27H27BrCl2N2O3. The minimum absolute atomic E-state index is 0.164. The van der Waals surface area contributed by atoms with Gasteiger partial charge in [0, 0.05) is 12.6 Å². The van der Waals surface area contributed by atoms with Gasteiger partial charge < -0.3 is 15.0 Å². The van der Waals surface area contributed by atoms with E-state index in [2.05, 4.69) is 21.2 Å². The number of nitrogens with one attached hydrogen (secondary N) is 1. The Labute approximate surface area is 223 Å². The van der Waals surface area contributed by atoms with Crippen molar-refractivity contribution in [3.8, 4) is 5.75 Å². The first-order chi connectivity index (χ1) is 16.8. The van der Waals surface area contributed by atoms with E-state index in [0.717, 1.165) is 46.5 Å². The number of fused-ring (bicyclic) bond motifs is 1. The second kappa shape index (κ2) is 11.6. The summed E-state index contributed by atoms with van der Waals surface area (Å²) in [6.07, 6.45) is 4.16. The SMILES string of the molecule is CC(C(=O)NC1CCCC1)N(Cc1ccc(Cl)c(Cl)c1)C(=O)COc1ccc2ccccc2c1Br. The fourth-order valence-corrected chi connectivity index (χ4v) is 5.29. The van der Waals surface area contributed by atoms with Crippen LogP contribution < -0.4 is 10.1 Å². The van der Waals surface area contributed by atoms with E-state index < -0.39 is 6.04 Å². The van der Waals surface area contributed by atoms with Gasteiger partial charge in [-0.3, -0.25) is 9.59 Å². The van der Waals surface area contributed by atoms with Crippen LogP contribution in [-0.4, -0.2) is 35.4 Å². The Kier molecular flexibility index (Phi) is 8.58. The first-order valence-electron chi connectivity index (χ1n) is 11.7. The fourth-order valence-electron chi connectivity index (χ4n) is 4.36. The third-order valence-electron chi connectivity index (χ3n) is 6.38. The van der Waals surface area contributed by atoms with E-state index in [-0.39, 0.29) is 31.0 Å². The maximum Gasteiger partial charge on any atom is 0.261 e. The second-order valence-corrected chi connectivity index (χ2v) is 10.4. The van der Waals surface area contributed by atoms with Crippen LogP contribution in [0.5, 0.6) is 5.75 Å². The lowest BCUT2D eigenvalue weighted by atomic mass is 10.1. The third kappa shape index (κ3) is 6.29. The molecule has 0 bridgehead atoms. The summed E-state index contributed by atoms with van der Waals surface area (Å²) >= 11 is 15.9. The molecule has 0 spiro atoms. The highest BCUT2D eigenvalue weighted by Crippen LogP contribution is 2.33. The number of hydrogen-bond acceptors (Lipinski definition) is 3. The van der Waals surface area contributed by atoms with Gasteiger partial charge >= 0.3 is 0 Å². The van der Waals surface area contributed by atoms with Crippen molar-refractivity contribution in [2.75, 3.05) is 6.61 Å². The summed E-state index contributed by atoms with van der Waals surface area (Å²) in [4.78, 5) is 27.9. The van der Waals surface area contributed by atoms with Crippen molar-refractivity contribution in [3.63, 3.8) is 0 Å². The highest BCUT2D eigenvalue weighted by atomic mass is 79.9. The average Bonchev–Trinajstić information content (AvgIpc) is 3.37. The number of halogens is 3. The molecule has 0 heterocycles. The molecule has 1 aliphatic rings. The molecule has 3 aromatic carbocycles. The van der Waals surface area contributed by atoms with Crippen LogP contribution in [0.4, 0.5) is 0 Å². The Hall–Kier alpha value is -2.28. The first-order valence-corrected chi connectivity index (χ1v) is 13.2. The maximum absolute atomic E-state index is 13.4. The van der Waals surface area contributed by atoms with Gasteiger partial charge in [-0.15, -0.1) is 0 Å². The van der Waals surface area contributed by atoms with Crippen molar-refractivity contribution in [3.05, 3.63) is 74.7 Å². The number of rotatable bonds is 8. The van der Waals surface area contributed by atoms with Crippen LogP contribution in [-0.2, 0) is 16.1 Å². The molecule has 184 valence electrons. The summed E-state index contributed by atoms with van der Waals surface area (Å²) in [5, 5.41) is 5.99. The topological polar surface area (TPSA) is 58.6 Å². The molecular weight excluding hydrogens is 551 g/mol. The Bertz CT molecular complexity index is 1230. The normalized spacial score (nSPS) is 14.6. The molecule has 35 heavy (non-hydrogen) atoms. The largest absolute Gasteiger partial charge is 0.483 e. The molecule has 3 aromatic rings. The quantitative estimate of drug-likeness (QED) is 0.321. The Morgan fingerprint density at radius 1 is 1.09 bits per heavy atom. The Morgan fingerprint density at radius 3 is 2.57 bits per heavy atom. The van der Waals surface area contributed by atoms with Gasteiger partial charge in [0.25, 0.3) is 5.91 Å². The number of carbonyl (C=O) groups is 2. The van der Waals surface area contributed by atoms with Gasteiger partial charge in [-0.25, -0.2) is 0 Å². The van der Waals surface area contributed by atoms with Gasteiger partial charge in [0.2, 0.25) is 5.91 Å². The van der Waals surface area contributed by atoms with E-state index in [0.29, 0.717) is 15.8 Å². The van der Waals surface area contributed by atoms with E-state index in [1.807, 2.05) is 36.4 Å². The molecule has 0 aliphatic heterocycles. The van der Waals surface area contributed by atoms with E-state index in [1.54, 1.807) is 25.1 Å². The molecule has 4 rings (SSSR count). The van der Waals surface area contributed by atoms with Crippen molar-refractivity contribution in [1.82, 2.24) is 10.2 Å². The molecule has 0 aromatic heterocycles. The minimum Gasteiger partial charge on any atom is -0.483 e. The van der Waals surface area contributed by atoms with Crippen molar-refractivity contribution in [2.45, 2.75) is 51.2 Å². The summed E-state index contributed by atoms with van der Waals surface area (Å²) in [6.45, 7) is 1.74. The number of benzene rings is 3. The number of ether oxygens (including phenoxy) is 1. The predicted octanol–water partition coefficient (Wildman–Crippen LogP) is 6.76. The van der Waals surface area contributed by atoms with Crippen molar-refractivity contribution in [1.29, 1.82) is 0 Å². The smallest absolute Gasteiger partial charge is 0.261 e. The Morgan fingerprint density at radius 2 is 1.83 bits per heavy atom. The van der Waals surface area contributed by atoms with Gasteiger partial charge in [-0.05, 0) is 70.2 Å². The van der Waals surface area contributed by atoms with Gasteiger partial charge in [0.05, 0.1) is 14.5 Å². The zero-order chi connectivity index (χ0) is 24.9. The lowest BCUT2D eigenvalue weighted by Gasteiger charge is -2.30. The highest BCUT2D eigenvalue weighted by Gasteiger charge is 2.29. The number of nitrogens with zero attached hydrogens (tertiary/aromatic N) is 1. The van der Waals surface area contributed by atoms with Gasteiger partial charge in [0.15, 0.2) is 6.61 Å². The summed E-state index contributed by atoms with van der Waals surface area (Å²) in [5.74, 6) is 0.0944. The molecule has 1 aliphatic carbocycles. The molecule has 2 amide bonds. The highest BCUT2D eigenvalue weighted by molar-refractivity contribution is 9.10. The molecule has 1 unspecified atom stereocenters. The average molecular weight is 578 g/mol. The van der Waals surface area contributed by atoms with Gasteiger partial charge in [-0.2, -0.15) is 0 Å². The zero-order valence-corrected chi connectivity index (χ0v) is 22.5. The summed E-state index contributed by atoms with van der Waals surface area (Å²) in [7, 11) is 0. The van der Waals surface area contributed by atoms with E-state index in [4.69, 9.17) is 27.9 Å². The lowest BCUT2D eigenvalue weighted by molar-refractivity contribution is -0.142. The summed E-state index contributed by atoms with van der Waals surface area (Å²) in [5.41, 5.74) is 0.778. The molecule has 1 N–H and O–H groups in total. The molecule has 8 heteroatoms. The van der Waals surface area contributed by atoms with Crippen molar-refractivity contribution in [2.24, 2.45) is 0 Å². The minimum atomic E-state index is -0.679. The summed E-state index contributed by atoms with van der Waals surface area (Å²) in [6, 6.07) is 16.4. The molecule has 0 saturated heterocycles. The molecule has 1 saturated carbocycles.